The summed E-state index contributed by atoms with van der Waals surface area (Å²) in [6, 6.07) is 0. The van der Waals surface area contributed by atoms with Crippen LogP contribution in [0.5, 0.6) is 0 Å². The zero-order valence-corrected chi connectivity index (χ0v) is 7.15. The summed E-state index contributed by atoms with van der Waals surface area (Å²) in [6.45, 7) is 1.57. The maximum atomic E-state index is 11.0. The van der Waals surface area contributed by atoms with Crippen LogP contribution in [0.25, 0.3) is 0 Å². The number of ether oxygens (including phenoxy) is 1. The Bertz CT molecular complexity index is 257. The highest BCUT2D eigenvalue weighted by atomic mass is 16.6. The molecule has 1 saturated heterocycles. The fourth-order valence-corrected chi connectivity index (χ4v) is 1.28. The number of carboxylic acid groups (broad SMARTS) is 1. The van der Waals surface area contributed by atoms with E-state index in [2.05, 4.69) is 4.74 Å². The Balaban J connectivity index is 2.54. The van der Waals surface area contributed by atoms with Gasteiger partial charge in [-0.3, -0.25) is 14.4 Å². The van der Waals surface area contributed by atoms with Crippen LogP contribution >= 0.6 is 0 Å². The maximum absolute atomic E-state index is 11.0. The summed E-state index contributed by atoms with van der Waals surface area (Å²) in [5.74, 6) is -3.21. The lowest BCUT2D eigenvalue weighted by atomic mass is 9.92. The molecule has 0 aliphatic carbocycles. The van der Waals surface area contributed by atoms with Gasteiger partial charge in [0, 0.05) is 6.42 Å². The van der Waals surface area contributed by atoms with Gasteiger partial charge in [-0.1, -0.05) is 6.92 Å². The number of aliphatic carboxylic acids is 1. The summed E-state index contributed by atoms with van der Waals surface area (Å²) < 4.78 is 4.35. The topological polar surface area (TPSA) is 80.7 Å². The van der Waals surface area contributed by atoms with Crippen LogP contribution in [0.3, 0.4) is 0 Å². The number of carbonyl (C=O) groups is 3. The molecule has 0 aromatic heterocycles. The van der Waals surface area contributed by atoms with Crippen molar-refractivity contribution in [1.29, 1.82) is 0 Å². The van der Waals surface area contributed by atoms with E-state index in [0.29, 0.717) is 0 Å². The van der Waals surface area contributed by atoms with Crippen molar-refractivity contribution in [2.24, 2.45) is 11.8 Å². The van der Waals surface area contributed by atoms with Crippen molar-refractivity contribution in [3.8, 4) is 0 Å². The van der Waals surface area contributed by atoms with Crippen LogP contribution < -0.4 is 0 Å². The number of carbonyl (C=O) groups excluding carboxylic acids is 2. The van der Waals surface area contributed by atoms with Gasteiger partial charge in [-0.25, -0.2) is 0 Å². The Morgan fingerprint density at radius 3 is 2.46 bits per heavy atom. The van der Waals surface area contributed by atoms with Crippen molar-refractivity contribution in [2.45, 2.75) is 19.8 Å². The first-order valence-corrected chi connectivity index (χ1v) is 3.99. The second-order valence-corrected chi connectivity index (χ2v) is 3.07. The number of cyclic esters (lactones) is 2. The predicted octanol–water partition coefficient (Wildman–Crippen LogP) is 0.187. The summed E-state index contributed by atoms with van der Waals surface area (Å²) in [6.07, 6.45) is 0.0540. The fourth-order valence-electron chi connectivity index (χ4n) is 1.28. The molecule has 72 valence electrons. The van der Waals surface area contributed by atoms with E-state index in [4.69, 9.17) is 5.11 Å². The lowest BCUT2D eigenvalue weighted by Crippen LogP contribution is -2.16. The molecule has 1 fully saturated rings. The summed E-state index contributed by atoms with van der Waals surface area (Å²) in [5.41, 5.74) is 0. The standard InChI is InChI=1S/C8H10O5/c1-4-5(2-3-6(9)10)8(12)13-7(4)11/h4-5H,2-3H2,1H3,(H,9,10). The summed E-state index contributed by atoms with van der Waals surface area (Å²) >= 11 is 0. The average molecular weight is 186 g/mol. The van der Waals surface area contributed by atoms with Gasteiger partial charge in [0.25, 0.3) is 0 Å². The molecule has 0 aromatic rings. The van der Waals surface area contributed by atoms with Crippen molar-refractivity contribution in [3.63, 3.8) is 0 Å². The van der Waals surface area contributed by atoms with Crippen molar-refractivity contribution in [1.82, 2.24) is 0 Å². The molecule has 0 spiro atoms. The van der Waals surface area contributed by atoms with E-state index < -0.39 is 29.7 Å². The minimum absolute atomic E-state index is 0.114. The minimum Gasteiger partial charge on any atom is -0.481 e. The first-order chi connectivity index (χ1) is 6.02. The number of rotatable bonds is 3. The number of hydrogen-bond donors (Lipinski definition) is 1. The van der Waals surface area contributed by atoms with E-state index in [1.165, 1.54) is 0 Å². The average Bonchev–Trinajstić information content (AvgIpc) is 2.24. The van der Waals surface area contributed by atoms with Crippen molar-refractivity contribution in [2.75, 3.05) is 0 Å². The number of esters is 2. The Morgan fingerprint density at radius 1 is 1.46 bits per heavy atom. The van der Waals surface area contributed by atoms with Crippen LogP contribution in [0.2, 0.25) is 0 Å². The van der Waals surface area contributed by atoms with Crippen LogP contribution in [0, 0.1) is 11.8 Å². The maximum Gasteiger partial charge on any atom is 0.317 e. The van der Waals surface area contributed by atoms with Crippen LogP contribution in [-0.4, -0.2) is 23.0 Å². The zero-order valence-electron chi connectivity index (χ0n) is 7.15. The third kappa shape index (κ3) is 2.05. The van der Waals surface area contributed by atoms with Crippen LogP contribution in [0.15, 0.2) is 0 Å². The molecular weight excluding hydrogens is 176 g/mol. The molecule has 0 saturated carbocycles. The van der Waals surface area contributed by atoms with Gasteiger partial charge < -0.3 is 9.84 Å². The second-order valence-electron chi connectivity index (χ2n) is 3.07. The molecule has 0 aromatic carbocycles. The first-order valence-electron chi connectivity index (χ1n) is 3.99. The fraction of sp³-hybridized carbons (Fsp3) is 0.625. The predicted molar refractivity (Wildman–Crippen MR) is 40.6 cm³/mol. The third-order valence-corrected chi connectivity index (χ3v) is 2.15. The molecule has 2 atom stereocenters. The molecule has 5 nitrogen and oxygen atoms in total. The van der Waals surface area contributed by atoms with E-state index in [1.54, 1.807) is 6.92 Å². The Morgan fingerprint density at radius 2 is 2.08 bits per heavy atom. The zero-order chi connectivity index (χ0) is 10.0. The number of hydrogen-bond acceptors (Lipinski definition) is 4. The third-order valence-electron chi connectivity index (χ3n) is 2.15. The molecular formula is C8H10O5. The molecule has 1 aliphatic heterocycles. The highest BCUT2D eigenvalue weighted by Gasteiger charge is 2.40. The molecule has 13 heavy (non-hydrogen) atoms. The first kappa shape index (κ1) is 9.70. The van der Waals surface area contributed by atoms with E-state index in [1.807, 2.05) is 0 Å². The monoisotopic (exact) mass is 186 g/mol. The second kappa shape index (κ2) is 3.55. The normalized spacial score (nSPS) is 27.5. The van der Waals surface area contributed by atoms with Gasteiger partial charge in [-0.05, 0) is 6.42 Å². The molecule has 2 unspecified atom stereocenters. The smallest absolute Gasteiger partial charge is 0.317 e. The van der Waals surface area contributed by atoms with Gasteiger partial charge in [0.1, 0.15) is 0 Å². The molecule has 1 heterocycles. The highest BCUT2D eigenvalue weighted by molar-refractivity contribution is 5.96. The van der Waals surface area contributed by atoms with E-state index >= 15 is 0 Å². The Kier molecular flexibility index (Phi) is 2.65. The SMILES string of the molecule is CC1C(=O)OC(=O)C1CCC(=O)O. The van der Waals surface area contributed by atoms with Gasteiger partial charge in [-0.15, -0.1) is 0 Å². The quantitative estimate of drug-likeness (QED) is 0.502. The van der Waals surface area contributed by atoms with Gasteiger partial charge >= 0.3 is 17.9 Å². The van der Waals surface area contributed by atoms with Crippen LogP contribution in [0.4, 0.5) is 0 Å². The van der Waals surface area contributed by atoms with Crippen molar-refractivity contribution in [3.05, 3.63) is 0 Å². The molecule has 5 heteroatoms. The highest BCUT2D eigenvalue weighted by Crippen LogP contribution is 2.26. The lowest BCUT2D eigenvalue weighted by Gasteiger charge is -2.05. The Labute approximate surface area is 74.7 Å². The van der Waals surface area contributed by atoms with Gasteiger partial charge in [0.2, 0.25) is 0 Å². The lowest BCUT2D eigenvalue weighted by molar-refractivity contribution is -0.153. The summed E-state index contributed by atoms with van der Waals surface area (Å²) in [5, 5.41) is 8.38. The van der Waals surface area contributed by atoms with Gasteiger partial charge in [0.15, 0.2) is 0 Å². The van der Waals surface area contributed by atoms with Crippen LogP contribution in [0.1, 0.15) is 19.8 Å². The number of carboxylic acids is 1. The Hall–Kier alpha value is -1.39. The van der Waals surface area contributed by atoms with E-state index in [9.17, 15) is 14.4 Å². The molecule has 1 N–H and O–H groups in total. The van der Waals surface area contributed by atoms with E-state index in [-0.39, 0.29) is 12.8 Å². The minimum atomic E-state index is -0.973. The molecule has 0 radical (unpaired) electrons. The molecule has 0 bridgehead atoms. The molecule has 1 aliphatic rings. The molecule has 1 rings (SSSR count). The van der Waals surface area contributed by atoms with E-state index in [0.717, 1.165) is 0 Å². The van der Waals surface area contributed by atoms with Crippen LogP contribution in [-0.2, 0) is 19.1 Å². The van der Waals surface area contributed by atoms with Gasteiger partial charge in [0.05, 0.1) is 11.8 Å². The van der Waals surface area contributed by atoms with Crippen molar-refractivity contribution < 1.29 is 24.2 Å². The largest absolute Gasteiger partial charge is 0.481 e. The summed E-state index contributed by atoms with van der Waals surface area (Å²) in [7, 11) is 0. The summed E-state index contributed by atoms with van der Waals surface area (Å²) in [4.78, 5) is 32.0. The van der Waals surface area contributed by atoms with Crippen molar-refractivity contribution >= 4 is 17.9 Å². The molecule has 0 amide bonds. The van der Waals surface area contributed by atoms with Gasteiger partial charge in [-0.2, -0.15) is 0 Å².